The predicted molar refractivity (Wildman–Crippen MR) is 93.8 cm³/mol. The minimum absolute atomic E-state index is 0.0607. The molecule has 1 aliphatic carbocycles. The molecule has 1 spiro atoms. The van der Waals surface area contributed by atoms with Crippen LogP contribution in [-0.4, -0.2) is 24.7 Å². The number of rotatable bonds is 1. The Kier molecular flexibility index (Phi) is 4.60. The molecular formula is C21H26NO2+. The molecule has 1 aromatic rings. The molecule has 0 radical (unpaired) electrons. The zero-order valence-electron chi connectivity index (χ0n) is 14.9. The first-order valence-corrected chi connectivity index (χ1v) is 8.87. The van der Waals surface area contributed by atoms with Crippen molar-refractivity contribution in [3.05, 3.63) is 34.4 Å². The number of ketones is 2. The summed E-state index contributed by atoms with van der Waals surface area (Å²) in [5, 5.41) is 2.29. The van der Waals surface area contributed by atoms with E-state index in [1.54, 1.807) is 0 Å². The van der Waals surface area contributed by atoms with Gasteiger partial charge in [-0.1, -0.05) is 5.92 Å². The maximum Gasteiger partial charge on any atom is 0.148 e. The van der Waals surface area contributed by atoms with Crippen LogP contribution in [0.5, 0.6) is 0 Å². The molecule has 3 nitrogen and oxygen atoms in total. The smallest absolute Gasteiger partial charge is 0.148 e. The maximum atomic E-state index is 12.9. The third kappa shape index (κ3) is 3.03. The summed E-state index contributed by atoms with van der Waals surface area (Å²) in [6, 6.07) is 4.00. The van der Waals surface area contributed by atoms with Crippen LogP contribution in [0.25, 0.3) is 0 Å². The molecule has 0 bridgehead atoms. The summed E-state index contributed by atoms with van der Waals surface area (Å²) < 4.78 is 0. The van der Waals surface area contributed by atoms with E-state index in [-0.39, 0.29) is 17.0 Å². The predicted octanol–water partition coefficient (Wildman–Crippen LogP) is 2.03. The number of hydrogen-bond donors (Lipinski definition) is 1. The van der Waals surface area contributed by atoms with Gasteiger partial charge in [0, 0.05) is 31.2 Å². The minimum atomic E-state index is -0.565. The van der Waals surface area contributed by atoms with Gasteiger partial charge in [-0.05, 0) is 55.0 Å². The first kappa shape index (κ1) is 16.9. The van der Waals surface area contributed by atoms with Gasteiger partial charge in [0.2, 0.25) is 0 Å². The highest BCUT2D eigenvalue weighted by atomic mass is 16.2. The van der Waals surface area contributed by atoms with Crippen LogP contribution in [0.2, 0.25) is 0 Å². The highest BCUT2D eigenvalue weighted by Gasteiger charge is 2.47. The van der Waals surface area contributed by atoms with E-state index < -0.39 is 5.92 Å². The van der Waals surface area contributed by atoms with Crippen LogP contribution in [0.4, 0.5) is 0 Å². The van der Waals surface area contributed by atoms with Gasteiger partial charge in [-0.15, -0.1) is 5.92 Å². The summed E-state index contributed by atoms with van der Waals surface area (Å²) in [5.41, 5.74) is 3.82. The number of hydrogen-bond acceptors (Lipinski definition) is 2. The van der Waals surface area contributed by atoms with Crippen molar-refractivity contribution in [2.24, 2.45) is 5.41 Å². The van der Waals surface area contributed by atoms with Crippen molar-refractivity contribution < 1.29 is 14.9 Å². The number of Topliss-reactive ketones (excluding diaryl/α,β-unsaturated/α-hetero) is 2. The third-order valence-electron chi connectivity index (χ3n) is 5.65. The average molecular weight is 324 g/mol. The fourth-order valence-electron chi connectivity index (χ4n) is 4.59. The molecular weight excluding hydrogens is 298 g/mol. The molecule has 0 aromatic heterocycles. The molecule has 0 atom stereocenters. The van der Waals surface area contributed by atoms with Gasteiger partial charge in [0.05, 0.1) is 13.1 Å². The number of piperidine rings is 1. The highest BCUT2D eigenvalue weighted by molar-refractivity contribution is 6.10. The third-order valence-corrected chi connectivity index (χ3v) is 5.65. The Hall–Kier alpha value is -1.92. The SMILES string of the molecule is CC#Cc1cc(C)c(C2C(=O)CC3(CC[NH2+]CC3)CC2=O)c(C)c1. The number of quaternary nitrogens is 1. The summed E-state index contributed by atoms with van der Waals surface area (Å²) in [4.78, 5) is 25.9. The Bertz CT molecular complexity index is 702. The van der Waals surface area contributed by atoms with E-state index in [1.807, 2.05) is 32.9 Å². The van der Waals surface area contributed by atoms with Crippen LogP contribution in [-0.2, 0) is 9.59 Å². The summed E-state index contributed by atoms with van der Waals surface area (Å²) in [6.45, 7) is 7.86. The monoisotopic (exact) mass is 324 g/mol. The van der Waals surface area contributed by atoms with Gasteiger partial charge in [-0.3, -0.25) is 9.59 Å². The van der Waals surface area contributed by atoms with E-state index in [1.165, 1.54) is 0 Å². The summed E-state index contributed by atoms with van der Waals surface area (Å²) in [7, 11) is 0. The zero-order chi connectivity index (χ0) is 17.3. The lowest BCUT2D eigenvalue weighted by Gasteiger charge is -2.40. The quantitative estimate of drug-likeness (QED) is 0.635. The highest BCUT2D eigenvalue weighted by Crippen LogP contribution is 2.44. The standard InChI is InChI=1S/C21H25NO2/c1-4-5-16-10-14(2)19(15(3)11-16)20-17(23)12-21(13-18(20)24)6-8-22-9-7-21/h10-11,20,22H,6-9,12-13H2,1-3H3/p+1. The number of aryl methyl sites for hydroxylation is 2. The van der Waals surface area contributed by atoms with E-state index in [9.17, 15) is 9.59 Å². The van der Waals surface area contributed by atoms with Crippen molar-refractivity contribution in [2.75, 3.05) is 13.1 Å². The van der Waals surface area contributed by atoms with Gasteiger partial charge in [0.25, 0.3) is 0 Å². The number of carbonyl (C=O) groups is 2. The topological polar surface area (TPSA) is 50.8 Å². The summed E-state index contributed by atoms with van der Waals surface area (Å²) in [5.74, 6) is 5.65. The molecule has 0 amide bonds. The second kappa shape index (κ2) is 6.53. The van der Waals surface area contributed by atoms with Crippen LogP contribution < -0.4 is 5.32 Å². The summed E-state index contributed by atoms with van der Waals surface area (Å²) >= 11 is 0. The van der Waals surface area contributed by atoms with Gasteiger partial charge >= 0.3 is 0 Å². The molecule has 1 heterocycles. The molecule has 1 aliphatic heterocycles. The second-order valence-corrected chi connectivity index (χ2v) is 7.48. The first-order chi connectivity index (χ1) is 11.5. The van der Waals surface area contributed by atoms with Gasteiger partial charge in [0.1, 0.15) is 17.5 Å². The number of carbonyl (C=O) groups excluding carboxylic acids is 2. The van der Waals surface area contributed by atoms with Crippen LogP contribution in [0, 0.1) is 31.1 Å². The van der Waals surface area contributed by atoms with Crippen LogP contribution >= 0.6 is 0 Å². The molecule has 2 aliphatic rings. The largest absolute Gasteiger partial charge is 0.346 e. The van der Waals surface area contributed by atoms with E-state index in [0.717, 1.165) is 48.2 Å². The van der Waals surface area contributed by atoms with Gasteiger partial charge in [0.15, 0.2) is 0 Å². The van der Waals surface area contributed by atoms with Crippen LogP contribution in [0.3, 0.4) is 0 Å². The van der Waals surface area contributed by atoms with Gasteiger partial charge in [-0.2, -0.15) is 0 Å². The minimum Gasteiger partial charge on any atom is -0.346 e. The molecule has 2 fully saturated rings. The van der Waals surface area contributed by atoms with Crippen molar-refractivity contribution in [3.8, 4) is 11.8 Å². The zero-order valence-corrected chi connectivity index (χ0v) is 14.9. The van der Waals surface area contributed by atoms with E-state index >= 15 is 0 Å². The maximum absolute atomic E-state index is 12.9. The molecule has 3 heteroatoms. The Morgan fingerprint density at radius 3 is 2.08 bits per heavy atom. The molecule has 2 N–H and O–H groups in total. The molecule has 3 rings (SSSR count). The molecule has 24 heavy (non-hydrogen) atoms. The molecule has 1 aromatic carbocycles. The Balaban J connectivity index is 1.94. The van der Waals surface area contributed by atoms with E-state index in [2.05, 4.69) is 17.2 Å². The lowest BCUT2D eigenvalue weighted by molar-refractivity contribution is -0.667. The number of nitrogens with two attached hydrogens (primary N) is 1. The van der Waals surface area contributed by atoms with Crippen molar-refractivity contribution in [3.63, 3.8) is 0 Å². The van der Waals surface area contributed by atoms with Crippen molar-refractivity contribution in [1.82, 2.24) is 0 Å². The van der Waals surface area contributed by atoms with Crippen molar-refractivity contribution in [1.29, 1.82) is 0 Å². The average Bonchev–Trinajstić information content (AvgIpc) is 2.50. The Labute approximate surface area is 144 Å². The lowest BCUT2D eigenvalue weighted by atomic mass is 9.63. The van der Waals surface area contributed by atoms with E-state index in [0.29, 0.717) is 12.8 Å². The molecule has 126 valence electrons. The molecule has 0 unspecified atom stereocenters. The van der Waals surface area contributed by atoms with Crippen LogP contribution in [0.1, 0.15) is 60.8 Å². The normalized spacial score (nSPS) is 20.8. The fourth-order valence-corrected chi connectivity index (χ4v) is 4.59. The molecule has 1 saturated heterocycles. The van der Waals surface area contributed by atoms with E-state index in [4.69, 9.17) is 0 Å². The Morgan fingerprint density at radius 2 is 1.58 bits per heavy atom. The Morgan fingerprint density at radius 1 is 1.04 bits per heavy atom. The van der Waals surface area contributed by atoms with Crippen molar-refractivity contribution in [2.45, 2.75) is 52.4 Å². The first-order valence-electron chi connectivity index (χ1n) is 8.87. The second-order valence-electron chi connectivity index (χ2n) is 7.48. The van der Waals surface area contributed by atoms with Crippen molar-refractivity contribution >= 4 is 11.6 Å². The van der Waals surface area contributed by atoms with Gasteiger partial charge < -0.3 is 5.32 Å². The van der Waals surface area contributed by atoms with Crippen LogP contribution in [0.15, 0.2) is 12.1 Å². The lowest BCUT2D eigenvalue weighted by Crippen LogP contribution is -2.87. The number of benzene rings is 1. The molecule has 1 saturated carbocycles. The summed E-state index contributed by atoms with van der Waals surface area (Å²) in [6.07, 6.45) is 3.10. The van der Waals surface area contributed by atoms with Gasteiger partial charge in [-0.25, -0.2) is 0 Å². The fraction of sp³-hybridized carbons (Fsp3) is 0.524.